The number of hydrogen-bond donors (Lipinski definition) is 1. The zero-order chi connectivity index (χ0) is 14.1. The number of hydrogen-bond acceptors (Lipinski definition) is 2. The molecule has 2 aromatic carbocycles. The van der Waals surface area contributed by atoms with Gasteiger partial charge in [-0.15, -0.1) is 0 Å². The van der Waals surface area contributed by atoms with E-state index >= 15 is 0 Å². The van der Waals surface area contributed by atoms with Crippen LogP contribution in [0.5, 0.6) is 0 Å². The molecule has 0 aliphatic carbocycles. The van der Waals surface area contributed by atoms with Crippen LogP contribution in [0.25, 0.3) is 0 Å². The van der Waals surface area contributed by atoms with Crippen molar-refractivity contribution in [1.29, 1.82) is 0 Å². The molecule has 2 N–H and O–H groups in total. The van der Waals surface area contributed by atoms with Crippen molar-refractivity contribution in [3.8, 4) is 0 Å². The maximum Gasteiger partial charge on any atom is 0.123 e. The van der Waals surface area contributed by atoms with Crippen LogP contribution in [0.1, 0.15) is 17.5 Å². The molecule has 0 saturated carbocycles. The Morgan fingerprint density at radius 2 is 2.05 bits per heavy atom. The third-order valence-electron chi connectivity index (χ3n) is 3.69. The number of anilines is 2. The molecular formula is C16H16ClFN2. The number of halogens is 2. The third-order valence-corrected chi connectivity index (χ3v) is 4.06. The minimum absolute atomic E-state index is 0.251. The Morgan fingerprint density at radius 1 is 1.20 bits per heavy atom. The van der Waals surface area contributed by atoms with Gasteiger partial charge < -0.3 is 10.6 Å². The lowest BCUT2D eigenvalue weighted by Gasteiger charge is -2.31. The van der Waals surface area contributed by atoms with E-state index in [9.17, 15) is 4.39 Å². The van der Waals surface area contributed by atoms with Gasteiger partial charge in [-0.1, -0.05) is 11.6 Å². The van der Waals surface area contributed by atoms with E-state index in [0.717, 1.165) is 30.6 Å². The molecule has 0 amide bonds. The minimum atomic E-state index is -0.251. The summed E-state index contributed by atoms with van der Waals surface area (Å²) in [6.45, 7) is 1.57. The molecule has 0 unspecified atom stereocenters. The van der Waals surface area contributed by atoms with E-state index in [1.165, 1.54) is 23.4 Å². The number of fused-ring (bicyclic) bond motifs is 1. The first kappa shape index (κ1) is 13.3. The molecule has 2 aromatic rings. The Labute approximate surface area is 123 Å². The van der Waals surface area contributed by atoms with Gasteiger partial charge >= 0.3 is 0 Å². The van der Waals surface area contributed by atoms with Crippen molar-refractivity contribution in [1.82, 2.24) is 0 Å². The monoisotopic (exact) mass is 290 g/mol. The highest BCUT2D eigenvalue weighted by Gasteiger charge is 2.18. The first-order valence-electron chi connectivity index (χ1n) is 6.71. The van der Waals surface area contributed by atoms with Crippen LogP contribution in [-0.4, -0.2) is 6.54 Å². The van der Waals surface area contributed by atoms with E-state index < -0.39 is 0 Å². The van der Waals surface area contributed by atoms with Gasteiger partial charge in [-0.3, -0.25) is 0 Å². The molecule has 20 heavy (non-hydrogen) atoms. The molecule has 104 valence electrons. The minimum Gasteiger partial charge on any atom is -0.399 e. The Kier molecular flexibility index (Phi) is 3.53. The largest absolute Gasteiger partial charge is 0.399 e. The van der Waals surface area contributed by atoms with Crippen LogP contribution in [-0.2, 0) is 13.0 Å². The topological polar surface area (TPSA) is 29.3 Å². The summed E-state index contributed by atoms with van der Waals surface area (Å²) in [5.74, 6) is -0.251. The molecule has 3 rings (SSSR count). The van der Waals surface area contributed by atoms with Crippen LogP contribution in [0.2, 0.25) is 5.02 Å². The molecule has 2 nitrogen and oxygen atoms in total. The fourth-order valence-electron chi connectivity index (χ4n) is 2.73. The van der Waals surface area contributed by atoms with Crippen LogP contribution in [0.4, 0.5) is 15.8 Å². The van der Waals surface area contributed by atoms with Crippen LogP contribution < -0.4 is 10.6 Å². The Balaban J connectivity index is 1.91. The molecule has 1 aliphatic heterocycles. The summed E-state index contributed by atoms with van der Waals surface area (Å²) in [5, 5.41) is 0.606. The summed E-state index contributed by atoms with van der Waals surface area (Å²) in [7, 11) is 0. The average Bonchev–Trinajstić information content (AvgIpc) is 2.43. The van der Waals surface area contributed by atoms with Crippen molar-refractivity contribution in [3.05, 3.63) is 58.4 Å². The van der Waals surface area contributed by atoms with Gasteiger partial charge in [-0.25, -0.2) is 4.39 Å². The van der Waals surface area contributed by atoms with Gasteiger partial charge in [-0.05, 0) is 60.4 Å². The molecule has 1 heterocycles. The summed E-state index contributed by atoms with van der Waals surface area (Å²) in [4.78, 5) is 2.24. The molecule has 0 radical (unpaired) electrons. The van der Waals surface area contributed by atoms with Crippen molar-refractivity contribution >= 4 is 23.0 Å². The summed E-state index contributed by atoms with van der Waals surface area (Å²) in [5.41, 5.74) is 9.86. The second kappa shape index (κ2) is 5.33. The molecule has 4 heteroatoms. The number of benzene rings is 2. The summed E-state index contributed by atoms with van der Waals surface area (Å²) in [6, 6.07) is 10.5. The normalized spacial score (nSPS) is 14.2. The fraction of sp³-hybridized carbons (Fsp3) is 0.250. The van der Waals surface area contributed by atoms with E-state index in [1.807, 2.05) is 18.2 Å². The van der Waals surface area contributed by atoms with E-state index in [2.05, 4.69) is 4.90 Å². The second-order valence-electron chi connectivity index (χ2n) is 5.15. The quantitative estimate of drug-likeness (QED) is 0.847. The number of nitrogens with two attached hydrogens (primary N) is 1. The van der Waals surface area contributed by atoms with E-state index in [4.69, 9.17) is 17.3 Å². The van der Waals surface area contributed by atoms with E-state index in [1.54, 1.807) is 6.07 Å². The zero-order valence-corrected chi connectivity index (χ0v) is 11.8. The highest BCUT2D eigenvalue weighted by molar-refractivity contribution is 6.31. The van der Waals surface area contributed by atoms with E-state index in [-0.39, 0.29) is 5.82 Å². The lowest BCUT2D eigenvalue weighted by molar-refractivity contribution is 0.623. The average molecular weight is 291 g/mol. The lowest BCUT2D eigenvalue weighted by atomic mass is 10.0. The zero-order valence-electron chi connectivity index (χ0n) is 11.1. The molecule has 0 spiro atoms. The predicted molar refractivity (Wildman–Crippen MR) is 81.6 cm³/mol. The van der Waals surface area contributed by atoms with Crippen molar-refractivity contribution in [3.63, 3.8) is 0 Å². The maximum atomic E-state index is 13.4. The van der Waals surface area contributed by atoms with Gasteiger partial charge in [0.1, 0.15) is 5.82 Å². The van der Waals surface area contributed by atoms with Gasteiger partial charge in [0.2, 0.25) is 0 Å². The Morgan fingerprint density at radius 3 is 2.90 bits per heavy atom. The van der Waals surface area contributed by atoms with Gasteiger partial charge in [0.25, 0.3) is 0 Å². The molecular weight excluding hydrogens is 275 g/mol. The van der Waals surface area contributed by atoms with Gasteiger partial charge in [-0.2, -0.15) is 0 Å². The fourth-order valence-corrected chi connectivity index (χ4v) is 2.91. The number of rotatable bonds is 2. The molecule has 1 aliphatic rings. The first-order valence-corrected chi connectivity index (χ1v) is 7.08. The number of nitrogen functional groups attached to an aromatic ring is 1. The highest BCUT2D eigenvalue weighted by atomic mass is 35.5. The van der Waals surface area contributed by atoms with Crippen molar-refractivity contribution in [2.75, 3.05) is 17.2 Å². The van der Waals surface area contributed by atoms with E-state index in [0.29, 0.717) is 11.6 Å². The second-order valence-corrected chi connectivity index (χ2v) is 5.56. The van der Waals surface area contributed by atoms with Crippen LogP contribution in [0.3, 0.4) is 0 Å². The molecule has 0 saturated heterocycles. The molecule has 0 fully saturated rings. The summed E-state index contributed by atoms with van der Waals surface area (Å²) >= 11 is 6.15. The summed E-state index contributed by atoms with van der Waals surface area (Å²) in [6.07, 6.45) is 2.11. The third kappa shape index (κ3) is 2.59. The standard InChI is InChI=1S/C16H16ClFN2/c17-15-5-3-13(18)8-12(15)10-20-7-1-2-11-9-14(19)4-6-16(11)20/h3-6,8-9H,1-2,7,10,19H2. The van der Waals surface area contributed by atoms with Crippen LogP contribution in [0.15, 0.2) is 36.4 Å². The van der Waals surface area contributed by atoms with Crippen molar-refractivity contribution in [2.45, 2.75) is 19.4 Å². The SMILES string of the molecule is Nc1ccc2c(c1)CCCN2Cc1cc(F)ccc1Cl. The van der Waals surface area contributed by atoms with Gasteiger partial charge in [0, 0.05) is 29.5 Å². The Hall–Kier alpha value is -1.74. The first-order chi connectivity index (χ1) is 9.63. The molecule has 0 atom stereocenters. The smallest absolute Gasteiger partial charge is 0.123 e. The number of aryl methyl sites for hydroxylation is 1. The van der Waals surface area contributed by atoms with Crippen LogP contribution >= 0.6 is 11.6 Å². The van der Waals surface area contributed by atoms with Gasteiger partial charge in [0.15, 0.2) is 0 Å². The predicted octanol–water partition coefficient (Wildman–Crippen LogP) is 4.01. The van der Waals surface area contributed by atoms with Crippen molar-refractivity contribution < 1.29 is 4.39 Å². The van der Waals surface area contributed by atoms with Crippen molar-refractivity contribution in [2.24, 2.45) is 0 Å². The molecule has 0 aromatic heterocycles. The molecule has 0 bridgehead atoms. The van der Waals surface area contributed by atoms with Gasteiger partial charge in [0.05, 0.1) is 0 Å². The Bertz CT molecular complexity index is 642. The number of nitrogens with zero attached hydrogens (tertiary/aromatic N) is 1. The summed E-state index contributed by atoms with van der Waals surface area (Å²) < 4.78 is 13.4. The highest BCUT2D eigenvalue weighted by Crippen LogP contribution is 2.31. The maximum absolute atomic E-state index is 13.4. The van der Waals surface area contributed by atoms with Crippen LogP contribution in [0, 0.1) is 5.82 Å². The lowest BCUT2D eigenvalue weighted by Crippen LogP contribution is -2.29.